The van der Waals surface area contributed by atoms with E-state index in [0.29, 0.717) is 11.5 Å². The van der Waals surface area contributed by atoms with Crippen molar-refractivity contribution in [1.29, 1.82) is 0 Å². The van der Waals surface area contributed by atoms with Crippen molar-refractivity contribution in [3.63, 3.8) is 0 Å². The van der Waals surface area contributed by atoms with Crippen LogP contribution in [0.4, 0.5) is 0 Å². The number of imidazole rings is 1. The molecule has 0 atom stereocenters. The zero-order valence-corrected chi connectivity index (χ0v) is 16.7. The quantitative estimate of drug-likeness (QED) is 0.490. The molecule has 0 radical (unpaired) electrons. The molecule has 0 fully saturated rings. The summed E-state index contributed by atoms with van der Waals surface area (Å²) < 4.78 is 23.5. The third-order valence-corrected chi connectivity index (χ3v) is 4.48. The lowest BCUT2D eigenvalue weighted by molar-refractivity contribution is 0.355. The number of aromatic nitrogens is 2. The van der Waals surface area contributed by atoms with Gasteiger partial charge in [-0.2, -0.15) is 0 Å². The number of fused-ring (bicyclic) bond motifs is 3. The van der Waals surface area contributed by atoms with Crippen molar-refractivity contribution in [1.82, 2.24) is 9.55 Å². The van der Waals surface area contributed by atoms with Crippen LogP contribution in [-0.2, 0) is 7.05 Å². The minimum Gasteiger partial charge on any atom is -0.493 e. The largest absolute Gasteiger partial charge is 0.493 e. The third-order valence-electron chi connectivity index (χ3n) is 4.48. The first kappa shape index (κ1) is 19.4. The van der Waals surface area contributed by atoms with Gasteiger partial charge >= 0.3 is 0 Å². The van der Waals surface area contributed by atoms with Crippen LogP contribution in [0, 0.1) is 0 Å². The molecule has 0 aliphatic rings. The number of benzene rings is 3. The standard InChI is InChI=1S/C18H18O4.C4H6N2/c1-19-15-7-11-5-6-12-8-16(20-2)18(22-4)10-14(12)13(11)9-17(15)21-3;1-6-3-2-5-4-6/h5-10H,1-4H3;2-4H,1H3. The highest BCUT2D eigenvalue weighted by atomic mass is 16.5. The zero-order valence-electron chi connectivity index (χ0n) is 16.7. The van der Waals surface area contributed by atoms with Gasteiger partial charge in [-0.25, -0.2) is 4.98 Å². The Morgan fingerprint density at radius 3 is 1.39 bits per heavy atom. The van der Waals surface area contributed by atoms with Crippen LogP contribution in [0.15, 0.2) is 55.1 Å². The van der Waals surface area contributed by atoms with Crippen LogP contribution in [-0.4, -0.2) is 38.0 Å². The van der Waals surface area contributed by atoms with Crippen molar-refractivity contribution in [2.75, 3.05) is 28.4 Å². The SMILES string of the molecule is COc1cc2ccc3cc(OC)c(OC)cc3c2cc1OC.Cn1ccnc1. The van der Waals surface area contributed by atoms with E-state index in [0.717, 1.165) is 33.0 Å². The third kappa shape index (κ3) is 3.81. The molecule has 1 heterocycles. The molecule has 0 saturated heterocycles. The smallest absolute Gasteiger partial charge is 0.161 e. The highest BCUT2D eigenvalue weighted by molar-refractivity contribution is 6.09. The molecule has 4 rings (SSSR count). The summed E-state index contributed by atoms with van der Waals surface area (Å²) in [7, 11) is 8.49. The molecule has 0 N–H and O–H groups in total. The van der Waals surface area contributed by atoms with Gasteiger partial charge in [0, 0.05) is 19.4 Å². The Morgan fingerprint density at radius 2 is 1.11 bits per heavy atom. The molecule has 0 saturated carbocycles. The fraction of sp³-hybridized carbons (Fsp3) is 0.227. The van der Waals surface area contributed by atoms with Gasteiger partial charge in [0.05, 0.1) is 34.8 Å². The molecule has 6 heteroatoms. The number of methoxy groups -OCH3 is 4. The van der Waals surface area contributed by atoms with E-state index in [1.807, 2.05) is 42.1 Å². The second kappa shape index (κ2) is 8.52. The van der Waals surface area contributed by atoms with Crippen molar-refractivity contribution in [3.8, 4) is 23.0 Å². The maximum atomic E-state index is 5.41. The van der Waals surface area contributed by atoms with E-state index in [9.17, 15) is 0 Å². The predicted octanol–water partition coefficient (Wildman–Crippen LogP) is 4.45. The van der Waals surface area contributed by atoms with Gasteiger partial charge in [-0.15, -0.1) is 0 Å². The molecule has 0 amide bonds. The number of nitrogens with zero attached hydrogens (tertiary/aromatic N) is 2. The minimum atomic E-state index is 0.706. The van der Waals surface area contributed by atoms with Crippen LogP contribution in [0.1, 0.15) is 0 Å². The van der Waals surface area contributed by atoms with Gasteiger partial charge in [0.15, 0.2) is 23.0 Å². The lowest BCUT2D eigenvalue weighted by Gasteiger charge is -2.13. The van der Waals surface area contributed by atoms with Crippen molar-refractivity contribution in [2.24, 2.45) is 7.05 Å². The lowest BCUT2D eigenvalue weighted by Crippen LogP contribution is -1.92. The molecule has 4 aromatic rings. The Bertz CT molecular complexity index is 1000. The monoisotopic (exact) mass is 380 g/mol. The Balaban J connectivity index is 0.000000320. The summed E-state index contributed by atoms with van der Waals surface area (Å²) in [6, 6.07) is 12.1. The van der Waals surface area contributed by atoms with Crippen molar-refractivity contribution in [2.45, 2.75) is 0 Å². The van der Waals surface area contributed by atoms with Gasteiger partial charge in [0.1, 0.15) is 0 Å². The van der Waals surface area contributed by atoms with Crippen LogP contribution in [0.2, 0.25) is 0 Å². The number of hydrogen-bond donors (Lipinski definition) is 0. The first-order valence-electron chi connectivity index (χ1n) is 8.73. The average Bonchev–Trinajstić information content (AvgIpc) is 3.22. The summed E-state index contributed by atoms with van der Waals surface area (Å²) in [5, 5.41) is 4.32. The van der Waals surface area contributed by atoms with E-state index >= 15 is 0 Å². The topological polar surface area (TPSA) is 54.7 Å². The van der Waals surface area contributed by atoms with Gasteiger partial charge < -0.3 is 23.5 Å². The minimum absolute atomic E-state index is 0.706. The van der Waals surface area contributed by atoms with Crippen molar-refractivity contribution >= 4 is 21.5 Å². The van der Waals surface area contributed by atoms with E-state index in [1.165, 1.54) is 0 Å². The van der Waals surface area contributed by atoms with Gasteiger partial charge in [-0.05, 0) is 45.8 Å². The molecule has 1 aromatic heterocycles. The molecule has 3 aromatic carbocycles. The van der Waals surface area contributed by atoms with Gasteiger partial charge in [-0.3, -0.25) is 0 Å². The molecule has 0 unspecified atom stereocenters. The Kier molecular flexibility index (Phi) is 5.89. The van der Waals surface area contributed by atoms with Gasteiger partial charge in [-0.1, -0.05) is 12.1 Å². The fourth-order valence-corrected chi connectivity index (χ4v) is 3.04. The zero-order chi connectivity index (χ0) is 20.1. The molecule has 6 nitrogen and oxygen atoms in total. The van der Waals surface area contributed by atoms with Crippen molar-refractivity contribution in [3.05, 3.63) is 55.1 Å². The van der Waals surface area contributed by atoms with E-state index in [4.69, 9.17) is 18.9 Å². The number of hydrogen-bond acceptors (Lipinski definition) is 5. The van der Waals surface area contributed by atoms with Gasteiger partial charge in [0.25, 0.3) is 0 Å². The van der Waals surface area contributed by atoms with E-state index in [-0.39, 0.29) is 0 Å². The Labute approximate surface area is 164 Å². The summed E-state index contributed by atoms with van der Waals surface area (Å²) in [4.78, 5) is 3.78. The van der Waals surface area contributed by atoms with Crippen LogP contribution in [0.25, 0.3) is 21.5 Å². The molecular formula is C22H24N2O4. The highest BCUT2D eigenvalue weighted by Gasteiger charge is 2.11. The highest BCUT2D eigenvalue weighted by Crippen LogP contribution is 2.39. The van der Waals surface area contributed by atoms with Gasteiger partial charge in [0.2, 0.25) is 0 Å². The Hall–Kier alpha value is -3.41. The molecule has 0 bridgehead atoms. The lowest BCUT2D eigenvalue weighted by atomic mass is 10.0. The molecule has 146 valence electrons. The fourth-order valence-electron chi connectivity index (χ4n) is 3.04. The molecule has 0 aliphatic heterocycles. The number of ether oxygens (including phenoxy) is 4. The number of rotatable bonds is 4. The maximum absolute atomic E-state index is 5.41. The van der Waals surface area contributed by atoms with E-state index in [2.05, 4.69) is 17.1 Å². The van der Waals surface area contributed by atoms with E-state index in [1.54, 1.807) is 41.0 Å². The first-order chi connectivity index (χ1) is 13.6. The van der Waals surface area contributed by atoms with Crippen molar-refractivity contribution < 1.29 is 18.9 Å². The summed E-state index contributed by atoms with van der Waals surface area (Å²) in [6.45, 7) is 0. The predicted molar refractivity (Wildman–Crippen MR) is 111 cm³/mol. The Morgan fingerprint density at radius 1 is 0.679 bits per heavy atom. The summed E-state index contributed by atoms with van der Waals surface area (Å²) in [5.41, 5.74) is 0. The summed E-state index contributed by atoms with van der Waals surface area (Å²) >= 11 is 0. The second-order valence-corrected chi connectivity index (χ2v) is 6.15. The van der Waals surface area contributed by atoms with E-state index < -0.39 is 0 Å². The average molecular weight is 380 g/mol. The van der Waals surface area contributed by atoms with Crippen LogP contribution >= 0.6 is 0 Å². The molecule has 0 spiro atoms. The number of aryl methyl sites for hydroxylation is 1. The maximum Gasteiger partial charge on any atom is 0.161 e. The molecular weight excluding hydrogens is 356 g/mol. The normalized spacial score (nSPS) is 10.3. The first-order valence-corrected chi connectivity index (χ1v) is 8.73. The molecule has 28 heavy (non-hydrogen) atoms. The van der Waals surface area contributed by atoms with Crippen LogP contribution in [0.3, 0.4) is 0 Å². The van der Waals surface area contributed by atoms with Crippen LogP contribution in [0.5, 0.6) is 23.0 Å². The summed E-state index contributed by atoms with van der Waals surface area (Å²) in [5.74, 6) is 2.85. The van der Waals surface area contributed by atoms with Crippen LogP contribution < -0.4 is 18.9 Å². The molecule has 0 aliphatic carbocycles. The second-order valence-electron chi connectivity index (χ2n) is 6.15. The summed E-state index contributed by atoms with van der Waals surface area (Å²) in [6.07, 6.45) is 5.39.